The second-order valence-electron chi connectivity index (χ2n) is 5.05. The van der Waals surface area contributed by atoms with Crippen molar-refractivity contribution in [2.75, 3.05) is 7.05 Å². The number of aryl methyl sites for hydroxylation is 1. The summed E-state index contributed by atoms with van der Waals surface area (Å²) in [5, 5.41) is 3.32. The van der Waals surface area contributed by atoms with Gasteiger partial charge in [-0.05, 0) is 45.0 Å². The van der Waals surface area contributed by atoms with E-state index in [4.69, 9.17) is 0 Å². The zero-order chi connectivity index (χ0) is 13.2. The maximum Gasteiger partial charge on any atom is 0.0994 e. The zero-order valence-corrected chi connectivity index (χ0v) is 11.6. The van der Waals surface area contributed by atoms with Crippen molar-refractivity contribution in [1.29, 1.82) is 0 Å². The first-order chi connectivity index (χ1) is 8.58. The van der Waals surface area contributed by atoms with Gasteiger partial charge in [0.05, 0.1) is 23.8 Å². The second kappa shape index (κ2) is 4.94. The smallest absolute Gasteiger partial charge is 0.0994 e. The molecule has 2 aromatic rings. The van der Waals surface area contributed by atoms with E-state index in [2.05, 4.69) is 59.9 Å². The molecule has 0 fully saturated rings. The third kappa shape index (κ3) is 2.31. The molecule has 0 aliphatic rings. The van der Waals surface area contributed by atoms with Crippen LogP contribution in [0.4, 0.5) is 0 Å². The van der Waals surface area contributed by atoms with Crippen molar-refractivity contribution < 1.29 is 0 Å². The Morgan fingerprint density at radius 1 is 1.33 bits per heavy atom. The van der Waals surface area contributed by atoms with Crippen molar-refractivity contribution in [1.82, 2.24) is 14.9 Å². The van der Waals surface area contributed by atoms with Crippen molar-refractivity contribution in [2.45, 2.75) is 32.7 Å². The molecule has 0 bridgehead atoms. The molecule has 0 aliphatic carbocycles. The highest BCUT2D eigenvalue weighted by atomic mass is 15.1. The van der Waals surface area contributed by atoms with Crippen molar-refractivity contribution in [3.63, 3.8) is 0 Å². The SMILES string of the molecule is CCc1cccc(-n2cncc2C(C)(C)NC)c1. The summed E-state index contributed by atoms with van der Waals surface area (Å²) in [6.07, 6.45) is 4.85. The van der Waals surface area contributed by atoms with Crippen molar-refractivity contribution >= 4 is 0 Å². The number of benzene rings is 1. The Morgan fingerprint density at radius 2 is 2.11 bits per heavy atom. The molecule has 1 aromatic carbocycles. The first-order valence-electron chi connectivity index (χ1n) is 6.39. The van der Waals surface area contributed by atoms with Crippen LogP contribution in [0.25, 0.3) is 5.69 Å². The fourth-order valence-electron chi connectivity index (χ4n) is 2.02. The number of nitrogens with one attached hydrogen (secondary N) is 1. The van der Waals surface area contributed by atoms with Crippen LogP contribution in [0.3, 0.4) is 0 Å². The molecule has 0 saturated carbocycles. The molecule has 0 radical (unpaired) electrons. The minimum Gasteiger partial charge on any atom is -0.310 e. The second-order valence-corrected chi connectivity index (χ2v) is 5.05. The molecule has 3 heteroatoms. The minimum absolute atomic E-state index is 0.0985. The van der Waals surface area contributed by atoms with Crippen LogP contribution in [-0.2, 0) is 12.0 Å². The van der Waals surface area contributed by atoms with Gasteiger partial charge in [0.15, 0.2) is 0 Å². The molecular weight excluding hydrogens is 222 g/mol. The minimum atomic E-state index is -0.0985. The summed E-state index contributed by atoms with van der Waals surface area (Å²) >= 11 is 0. The van der Waals surface area contributed by atoms with Crippen LogP contribution in [0, 0.1) is 0 Å². The van der Waals surface area contributed by atoms with E-state index in [1.165, 1.54) is 16.9 Å². The van der Waals surface area contributed by atoms with Gasteiger partial charge in [-0.1, -0.05) is 19.1 Å². The molecule has 3 nitrogen and oxygen atoms in total. The Bertz CT molecular complexity index is 526. The first kappa shape index (κ1) is 12.8. The lowest BCUT2D eigenvalue weighted by molar-refractivity contribution is 0.425. The normalized spacial score (nSPS) is 11.8. The van der Waals surface area contributed by atoms with Crippen LogP contribution in [0.5, 0.6) is 0 Å². The highest BCUT2D eigenvalue weighted by Crippen LogP contribution is 2.23. The fourth-order valence-corrected chi connectivity index (χ4v) is 2.02. The third-order valence-corrected chi connectivity index (χ3v) is 3.50. The lowest BCUT2D eigenvalue weighted by Crippen LogP contribution is -2.35. The number of imidazole rings is 1. The summed E-state index contributed by atoms with van der Waals surface area (Å²) in [7, 11) is 1.97. The quantitative estimate of drug-likeness (QED) is 0.895. The molecule has 96 valence electrons. The van der Waals surface area contributed by atoms with Crippen LogP contribution in [0.1, 0.15) is 32.0 Å². The van der Waals surface area contributed by atoms with Gasteiger partial charge < -0.3 is 9.88 Å². The Balaban J connectivity index is 2.48. The molecule has 1 aromatic heterocycles. The Hall–Kier alpha value is -1.61. The fraction of sp³-hybridized carbons (Fsp3) is 0.400. The lowest BCUT2D eigenvalue weighted by atomic mass is 10.0. The summed E-state index contributed by atoms with van der Waals surface area (Å²) in [5.41, 5.74) is 3.58. The summed E-state index contributed by atoms with van der Waals surface area (Å²) in [5.74, 6) is 0. The number of aromatic nitrogens is 2. The summed E-state index contributed by atoms with van der Waals surface area (Å²) in [6, 6.07) is 8.60. The van der Waals surface area contributed by atoms with Crippen molar-refractivity contribution in [2.24, 2.45) is 0 Å². The van der Waals surface area contributed by atoms with E-state index in [0.29, 0.717) is 0 Å². The topological polar surface area (TPSA) is 29.9 Å². The lowest BCUT2D eigenvalue weighted by Gasteiger charge is -2.25. The number of rotatable bonds is 4. The maximum absolute atomic E-state index is 4.29. The van der Waals surface area contributed by atoms with Gasteiger partial charge >= 0.3 is 0 Å². The monoisotopic (exact) mass is 243 g/mol. The highest BCUT2D eigenvalue weighted by molar-refractivity contribution is 5.38. The van der Waals surface area contributed by atoms with Crippen LogP contribution >= 0.6 is 0 Å². The molecule has 0 saturated heterocycles. The number of hydrogen-bond donors (Lipinski definition) is 1. The molecule has 0 spiro atoms. The van der Waals surface area contributed by atoms with E-state index in [1.54, 1.807) is 0 Å². The van der Waals surface area contributed by atoms with Crippen molar-refractivity contribution in [3.8, 4) is 5.69 Å². The largest absolute Gasteiger partial charge is 0.310 e. The zero-order valence-electron chi connectivity index (χ0n) is 11.6. The molecule has 0 aliphatic heterocycles. The van der Waals surface area contributed by atoms with E-state index in [-0.39, 0.29) is 5.54 Å². The van der Waals surface area contributed by atoms with Crippen LogP contribution < -0.4 is 5.32 Å². The van der Waals surface area contributed by atoms with Crippen LogP contribution in [-0.4, -0.2) is 16.6 Å². The molecule has 2 rings (SSSR count). The van der Waals surface area contributed by atoms with E-state index in [0.717, 1.165) is 6.42 Å². The summed E-state index contributed by atoms with van der Waals surface area (Å²) in [6.45, 7) is 6.49. The molecule has 0 unspecified atom stereocenters. The van der Waals surface area contributed by atoms with Gasteiger partial charge in [0.1, 0.15) is 0 Å². The Morgan fingerprint density at radius 3 is 2.78 bits per heavy atom. The van der Waals surface area contributed by atoms with Gasteiger partial charge in [0, 0.05) is 5.69 Å². The average Bonchev–Trinajstić information content (AvgIpc) is 2.89. The van der Waals surface area contributed by atoms with Gasteiger partial charge in [0.25, 0.3) is 0 Å². The third-order valence-electron chi connectivity index (χ3n) is 3.50. The standard InChI is InChI=1S/C15H21N3/c1-5-12-7-6-8-13(9-12)18-11-17-10-14(18)15(2,3)16-4/h6-11,16H,5H2,1-4H3. The number of hydrogen-bond acceptors (Lipinski definition) is 2. The highest BCUT2D eigenvalue weighted by Gasteiger charge is 2.22. The van der Waals surface area contributed by atoms with E-state index in [9.17, 15) is 0 Å². The van der Waals surface area contributed by atoms with Gasteiger partial charge in [-0.2, -0.15) is 0 Å². The van der Waals surface area contributed by atoms with Crippen LogP contribution in [0.2, 0.25) is 0 Å². The van der Waals surface area contributed by atoms with Crippen molar-refractivity contribution in [3.05, 3.63) is 48.0 Å². The average molecular weight is 243 g/mol. The van der Waals surface area contributed by atoms with Gasteiger partial charge in [0.2, 0.25) is 0 Å². The van der Waals surface area contributed by atoms with E-state index >= 15 is 0 Å². The molecular formula is C15H21N3. The predicted molar refractivity (Wildman–Crippen MR) is 75.0 cm³/mol. The van der Waals surface area contributed by atoms with Gasteiger partial charge in [-0.15, -0.1) is 0 Å². The Kier molecular flexibility index (Phi) is 3.53. The molecule has 18 heavy (non-hydrogen) atoms. The molecule has 1 N–H and O–H groups in total. The van der Waals surface area contributed by atoms with Crippen LogP contribution in [0.15, 0.2) is 36.8 Å². The predicted octanol–water partition coefficient (Wildman–Crippen LogP) is 2.89. The molecule has 0 atom stereocenters. The molecule has 0 amide bonds. The maximum atomic E-state index is 4.29. The van der Waals surface area contributed by atoms with E-state index in [1.807, 2.05) is 19.6 Å². The van der Waals surface area contributed by atoms with Gasteiger partial charge in [-0.3, -0.25) is 0 Å². The Labute approximate surface area is 109 Å². The summed E-state index contributed by atoms with van der Waals surface area (Å²) < 4.78 is 2.15. The number of nitrogens with zero attached hydrogens (tertiary/aromatic N) is 2. The van der Waals surface area contributed by atoms with E-state index < -0.39 is 0 Å². The first-order valence-corrected chi connectivity index (χ1v) is 6.39. The summed E-state index contributed by atoms with van der Waals surface area (Å²) in [4.78, 5) is 4.29. The van der Waals surface area contributed by atoms with Gasteiger partial charge in [-0.25, -0.2) is 4.98 Å². The molecule has 1 heterocycles.